The molecule has 6 nitrogen and oxygen atoms in total. The molecule has 2 amide bonds. The van der Waals surface area contributed by atoms with Crippen molar-refractivity contribution in [3.05, 3.63) is 38.8 Å². The second kappa shape index (κ2) is 5.42. The first-order valence-corrected chi connectivity index (χ1v) is 8.93. The molecule has 0 radical (unpaired) electrons. The molecule has 8 heteroatoms. The van der Waals surface area contributed by atoms with Crippen molar-refractivity contribution in [2.75, 3.05) is 0 Å². The van der Waals surface area contributed by atoms with Crippen LogP contribution in [0.4, 0.5) is 0 Å². The van der Waals surface area contributed by atoms with Gasteiger partial charge in [0.25, 0.3) is 11.8 Å². The molecule has 4 unspecified atom stereocenters. The molecular formula is C16H11Br2NO5. The number of fused-ring (bicyclic) bond motifs is 5. The number of benzene rings is 1. The second-order valence-electron chi connectivity index (χ2n) is 6.13. The molecule has 1 aliphatic heterocycles. The van der Waals surface area contributed by atoms with Gasteiger partial charge in [-0.25, -0.2) is 4.79 Å². The van der Waals surface area contributed by atoms with E-state index in [1.165, 1.54) is 6.07 Å². The smallest absolute Gasteiger partial charge is 0.367 e. The molecular weight excluding hydrogens is 446 g/mol. The number of halogens is 2. The summed E-state index contributed by atoms with van der Waals surface area (Å²) < 4.78 is 0.833. The monoisotopic (exact) mass is 455 g/mol. The quantitative estimate of drug-likeness (QED) is 0.546. The summed E-state index contributed by atoms with van der Waals surface area (Å²) in [5.41, 5.74) is -0.144. The minimum Gasteiger partial charge on any atom is -0.506 e. The second-order valence-corrected chi connectivity index (χ2v) is 7.90. The van der Waals surface area contributed by atoms with Crippen LogP contribution in [-0.4, -0.2) is 28.0 Å². The van der Waals surface area contributed by atoms with E-state index in [1.807, 2.05) is 12.2 Å². The number of carbonyl (C=O) groups is 3. The number of allylic oxidation sites excluding steroid dienone is 2. The van der Waals surface area contributed by atoms with Gasteiger partial charge >= 0.3 is 5.97 Å². The molecule has 124 valence electrons. The summed E-state index contributed by atoms with van der Waals surface area (Å²) in [4.78, 5) is 42.3. The van der Waals surface area contributed by atoms with Gasteiger partial charge in [-0.3, -0.25) is 9.59 Å². The Morgan fingerprint density at radius 1 is 1.12 bits per heavy atom. The van der Waals surface area contributed by atoms with Crippen molar-refractivity contribution < 1.29 is 24.3 Å². The zero-order valence-corrected chi connectivity index (χ0v) is 15.3. The predicted molar refractivity (Wildman–Crippen MR) is 88.5 cm³/mol. The third-order valence-electron chi connectivity index (χ3n) is 4.85. The molecule has 4 rings (SSSR count). The lowest BCUT2D eigenvalue weighted by Crippen LogP contribution is -2.35. The molecule has 4 atom stereocenters. The van der Waals surface area contributed by atoms with Gasteiger partial charge in [-0.2, -0.15) is 0 Å². The maximum absolute atomic E-state index is 12.5. The molecule has 1 aromatic carbocycles. The highest BCUT2D eigenvalue weighted by Gasteiger charge is 2.60. The Hall–Kier alpha value is -1.67. The summed E-state index contributed by atoms with van der Waals surface area (Å²) in [5.74, 6) is -3.05. The van der Waals surface area contributed by atoms with Crippen LogP contribution in [0.15, 0.2) is 33.2 Å². The van der Waals surface area contributed by atoms with Gasteiger partial charge in [-0.05, 0) is 46.3 Å². The zero-order valence-electron chi connectivity index (χ0n) is 12.1. The van der Waals surface area contributed by atoms with Crippen LogP contribution in [0.25, 0.3) is 0 Å². The number of amides is 2. The summed E-state index contributed by atoms with van der Waals surface area (Å²) in [7, 11) is 0. The fourth-order valence-corrected chi connectivity index (χ4v) is 5.04. The molecule has 1 saturated heterocycles. The molecule has 2 bridgehead atoms. The number of hydroxylamine groups is 2. The summed E-state index contributed by atoms with van der Waals surface area (Å²) in [5, 5.41) is 10.6. The number of nitrogens with zero attached hydrogens (tertiary/aromatic N) is 1. The summed E-state index contributed by atoms with van der Waals surface area (Å²) in [6.45, 7) is 0. The number of carbonyl (C=O) groups excluding carboxylic acids is 3. The Bertz CT molecular complexity index is 791. The topological polar surface area (TPSA) is 83.9 Å². The number of hydrogen-bond acceptors (Lipinski definition) is 5. The van der Waals surface area contributed by atoms with Crippen molar-refractivity contribution in [2.24, 2.45) is 23.7 Å². The molecule has 3 aliphatic rings. The molecule has 0 aromatic heterocycles. The molecule has 24 heavy (non-hydrogen) atoms. The summed E-state index contributed by atoms with van der Waals surface area (Å²) >= 11 is 6.33. The van der Waals surface area contributed by atoms with Crippen LogP contribution < -0.4 is 0 Å². The van der Waals surface area contributed by atoms with Crippen molar-refractivity contribution in [3.63, 3.8) is 0 Å². The Morgan fingerprint density at radius 3 is 2.29 bits per heavy atom. The number of phenols is 1. The van der Waals surface area contributed by atoms with Crippen LogP contribution in [0.2, 0.25) is 0 Å². The molecule has 2 fully saturated rings. The highest BCUT2D eigenvalue weighted by Crippen LogP contribution is 2.52. The van der Waals surface area contributed by atoms with Crippen molar-refractivity contribution >= 4 is 49.6 Å². The van der Waals surface area contributed by atoms with E-state index in [1.54, 1.807) is 6.07 Å². The number of hydrogen-bond donors (Lipinski definition) is 1. The molecule has 1 N–H and O–H groups in total. The van der Waals surface area contributed by atoms with Gasteiger partial charge in [0.05, 0.1) is 16.3 Å². The van der Waals surface area contributed by atoms with Crippen molar-refractivity contribution in [1.29, 1.82) is 0 Å². The Balaban J connectivity index is 1.60. The highest BCUT2D eigenvalue weighted by atomic mass is 79.9. The van der Waals surface area contributed by atoms with E-state index in [-0.39, 0.29) is 23.1 Å². The fourth-order valence-electron chi connectivity index (χ4n) is 3.82. The van der Waals surface area contributed by atoms with Gasteiger partial charge in [-0.1, -0.05) is 28.1 Å². The van der Waals surface area contributed by atoms with Gasteiger partial charge in [0, 0.05) is 4.47 Å². The van der Waals surface area contributed by atoms with Crippen LogP contribution in [0.1, 0.15) is 16.8 Å². The van der Waals surface area contributed by atoms with Crippen LogP contribution in [-0.2, 0) is 14.4 Å². The maximum atomic E-state index is 12.5. The maximum Gasteiger partial charge on any atom is 0.367 e. The average molecular weight is 457 g/mol. The molecule has 1 saturated carbocycles. The van der Waals surface area contributed by atoms with Crippen molar-refractivity contribution in [2.45, 2.75) is 6.42 Å². The van der Waals surface area contributed by atoms with E-state index in [0.717, 1.165) is 6.42 Å². The van der Waals surface area contributed by atoms with Crippen molar-refractivity contribution in [3.8, 4) is 5.75 Å². The van der Waals surface area contributed by atoms with Crippen LogP contribution in [0, 0.1) is 23.7 Å². The molecule has 1 heterocycles. The Kier molecular flexibility index (Phi) is 3.58. The minimum absolute atomic E-state index is 0.0357. The number of phenolic OH excluding ortho intramolecular Hbond substituents is 1. The van der Waals surface area contributed by atoms with E-state index >= 15 is 0 Å². The predicted octanol–water partition coefficient (Wildman–Crippen LogP) is 2.80. The third kappa shape index (κ3) is 2.16. The lowest BCUT2D eigenvalue weighted by molar-refractivity contribution is -0.175. The standard InChI is InChI=1S/C16H11Br2NO5/c17-8-4-9(13(20)10(18)5-8)16(23)24-19-14(21)11-6-1-2-7(3-6)12(11)15(19)22/h1-2,4-7,11-12,20H,3H2. The van der Waals surface area contributed by atoms with E-state index in [9.17, 15) is 19.5 Å². The van der Waals surface area contributed by atoms with E-state index in [2.05, 4.69) is 31.9 Å². The first kappa shape index (κ1) is 15.8. The first-order valence-electron chi connectivity index (χ1n) is 7.35. The SMILES string of the molecule is O=C(ON1C(=O)C2C3C=CC(C3)C2C1=O)c1cc(Br)cc(Br)c1O. The minimum atomic E-state index is -0.962. The lowest BCUT2D eigenvalue weighted by atomic mass is 9.85. The lowest BCUT2D eigenvalue weighted by Gasteiger charge is -2.16. The molecule has 1 aromatic rings. The Morgan fingerprint density at radius 2 is 1.71 bits per heavy atom. The average Bonchev–Trinajstić information content (AvgIpc) is 3.20. The Labute approximate surface area is 153 Å². The van der Waals surface area contributed by atoms with E-state index in [4.69, 9.17) is 4.84 Å². The van der Waals surface area contributed by atoms with Crippen LogP contribution >= 0.6 is 31.9 Å². The molecule has 2 aliphatic carbocycles. The number of rotatable bonds is 2. The first-order chi connectivity index (χ1) is 11.4. The van der Waals surface area contributed by atoms with Gasteiger partial charge in [0.2, 0.25) is 0 Å². The van der Waals surface area contributed by atoms with Gasteiger partial charge in [-0.15, -0.1) is 5.06 Å². The fraction of sp³-hybridized carbons (Fsp3) is 0.312. The van der Waals surface area contributed by atoms with Gasteiger partial charge < -0.3 is 9.94 Å². The highest BCUT2D eigenvalue weighted by molar-refractivity contribution is 9.11. The number of aromatic hydroxyl groups is 1. The summed E-state index contributed by atoms with van der Waals surface area (Å²) in [6, 6.07) is 2.92. The largest absolute Gasteiger partial charge is 0.506 e. The zero-order chi connectivity index (χ0) is 17.2. The summed E-state index contributed by atoms with van der Waals surface area (Å²) in [6.07, 6.45) is 4.72. The van der Waals surface area contributed by atoms with Crippen LogP contribution in [0.5, 0.6) is 5.75 Å². The van der Waals surface area contributed by atoms with Gasteiger partial charge in [0.15, 0.2) is 0 Å². The molecule has 0 spiro atoms. The van der Waals surface area contributed by atoms with E-state index in [0.29, 0.717) is 14.0 Å². The van der Waals surface area contributed by atoms with Gasteiger partial charge in [0.1, 0.15) is 11.3 Å². The van der Waals surface area contributed by atoms with Crippen LogP contribution in [0.3, 0.4) is 0 Å². The number of imide groups is 1. The third-order valence-corrected chi connectivity index (χ3v) is 5.91. The van der Waals surface area contributed by atoms with Crippen molar-refractivity contribution in [1.82, 2.24) is 5.06 Å². The normalized spacial score (nSPS) is 30.2. The van der Waals surface area contributed by atoms with E-state index < -0.39 is 29.6 Å².